The average Bonchev–Trinajstić information content (AvgIpc) is 1.81. The maximum Gasteiger partial charge on any atom is 0.0714 e. The molecule has 0 heterocycles. The summed E-state index contributed by atoms with van der Waals surface area (Å²) in [5, 5.41) is 2.49. The summed E-state index contributed by atoms with van der Waals surface area (Å²) in [6, 6.07) is 0. The predicted molar refractivity (Wildman–Crippen MR) is 34.3 cm³/mol. The average molecular weight is 109 g/mol. The Labute approximate surface area is 48.2 Å². The molecule has 0 rings (SSSR count). The molecule has 2 nitrogen and oxygen atoms in total. The van der Waals surface area contributed by atoms with Crippen LogP contribution < -0.4 is 0 Å². The van der Waals surface area contributed by atoms with Gasteiger partial charge in [0.2, 0.25) is 0 Å². The molecule has 0 unspecified atom stereocenters. The Balaban J connectivity index is 3.41. The zero-order valence-electron chi connectivity index (χ0n) is 4.45. The van der Waals surface area contributed by atoms with Gasteiger partial charge < -0.3 is 0 Å². The number of rotatable bonds is 3. The topological polar surface area (TPSA) is 29.4 Å². The Morgan fingerprint density at radius 2 is 2.00 bits per heavy atom. The van der Waals surface area contributed by atoms with Crippen molar-refractivity contribution in [2.75, 3.05) is 0 Å². The lowest BCUT2D eigenvalue weighted by Gasteiger charge is -1.64. The van der Waals surface area contributed by atoms with Crippen LogP contribution in [0.5, 0.6) is 0 Å². The van der Waals surface area contributed by atoms with E-state index in [4.69, 9.17) is 0 Å². The first-order valence-corrected chi connectivity index (χ1v) is 2.18. The molecule has 0 fully saturated rings. The molecule has 0 atom stereocenters. The van der Waals surface area contributed by atoms with Gasteiger partial charge in [-0.25, -0.2) is 0 Å². The third-order valence-electron chi connectivity index (χ3n) is 0.505. The van der Waals surface area contributed by atoms with Crippen molar-refractivity contribution in [2.45, 2.75) is 0 Å². The summed E-state index contributed by atoms with van der Waals surface area (Å²) >= 11 is 0. The van der Waals surface area contributed by atoms with Crippen molar-refractivity contribution in [1.82, 2.24) is 0 Å². The normalized spacial score (nSPS) is 10.5. The van der Waals surface area contributed by atoms with E-state index >= 15 is 0 Å². The summed E-state index contributed by atoms with van der Waals surface area (Å²) in [7, 11) is 0. The molecular weight excluding hydrogens is 102 g/mol. The van der Waals surface area contributed by atoms with E-state index in [0.717, 1.165) is 0 Å². The van der Waals surface area contributed by atoms with Gasteiger partial charge in [-0.1, -0.05) is 24.8 Å². The van der Waals surface area contributed by atoms with Crippen LogP contribution >= 0.6 is 0 Å². The summed E-state index contributed by atoms with van der Waals surface area (Å²) in [6.45, 7) is 3.43. The molecule has 2 heteroatoms. The predicted octanol–water partition coefficient (Wildman–Crippen LogP) is 2.01. The molecule has 0 spiro atoms. The van der Waals surface area contributed by atoms with Crippen LogP contribution in [0.15, 0.2) is 42.3 Å². The van der Waals surface area contributed by atoms with E-state index in [1.807, 2.05) is 0 Å². The first-order chi connectivity index (χ1) is 3.91. The lowest BCUT2D eigenvalue weighted by Crippen LogP contribution is -1.45. The Hall–Kier alpha value is -1.18. The molecule has 0 N–H and O–H groups in total. The second-order valence-corrected chi connectivity index (χ2v) is 1.07. The van der Waals surface area contributed by atoms with Crippen molar-refractivity contribution in [3.8, 4) is 0 Å². The van der Waals surface area contributed by atoms with E-state index in [-0.39, 0.29) is 0 Å². The first kappa shape index (κ1) is 6.82. The van der Waals surface area contributed by atoms with E-state index in [1.54, 1.807) is 18.2 Å². The molecular formula is C6H7NO. The standard InChI is InChI=1S/C6H7NO/c1-2-3-4-5-6-7-8/h2-6H,1H2/b4-3-,6-5-. The van der Waals surface area contributed by atoms with E-state index in [2.05, 4.69) is 11.8 Å². The van der Waals surface area contributed by atoms with Gasteiger partial charge in [-0.15, -0.1) is 4.91 Å². The highest BCUT2D eigenvalue weighted by Gasteiger charge is 1.57. The smallest absolute Gasteiger partial charge is 0.0714 e. The Morgan fingerprint density at radius 3 is 2.50 bits per heavy atom. The molecule has 0 aliphatic heterocycles. The Bertz CT molecular complexity index is 108. The third kappa shape index (κ3) is 4.82. The molecule has 0 amide bonds. The number of nitrogens with zero attached hydrogens (tertiary/aromatic N) is 1. The van der Waals surface area contributed by atoms with Crippen LogP contribution in [0.3, 0.4) is 0 Å². The van der Waals surface area contributed by atoms with Gasteiger partial charge in [0.05, 0.1) is 6.20 Å². The van der Waals surface area contributed by atoms with Crippen molar-refractivity contribution < 1.29 is 0 Å². The van der Waals surface area contributed by atoms with Crippen molar-refractivity contribution in [1.29, 1.82) is 0 Å². The van der Waals surface area contributed by atoms with E-state index < -0.39 is 0 Å². The van der Waals surface area contributed by atoms with Gasteiger partial charge in [0, 0.05) is 0 Å². The third-order valence-corrected chi connectivity index (χ3v) is 0.505. The number of allylic oxidation sites excluding steroid dienone is 4. The van der Waals surface area contributed by atoms with Crippen molar-refractivity contribution in [2.24, 2.45) is 5.18 Å². The summed E-state index contributed by atoms with van der Waals surface area (Å²) in [5.41, 5.74) is 0. The monoisotopic (exact) mass is 109 g/mol. The molecule has 0 aromatic heterocycles. The highest BCUT2D eigenvalue weighted by Crippen LogP contribution is 1.76. The largest absolute Gasteiger partial charge is 0.145 e. The minimum Gasteiger partial charge on any atom is -0.145 e. The molecule has 0 aromatic rings. The molecule has 0 radical (unpaired) electrons. The van der Waals surface area contributed by atoms with Gasteiger partial charge in [0.1, 0.15) is 0 Å². The molecule has 0 saturated heterocycles. The maximum atomic E-state index is 9.37. The number of nitroso groups, excluding NO2 is 1. The maximum absolute atomic E-state index is 9.37. The second kappa shape index (κ2) is 5.82. The summed E-state index contributed by atoms with van der Waals surface area (Å²) < 4.78 is 0. The molecule has 8 heavy (non-hydrogen) atoms. The van der Waals surface area contributed by atoms with Gasteiger partial charge in [0.15, 0.2) is 0 Å². The molecule has 0 aliphatic rings. The van der Waals surface area contributed by atoms with Gasteiger partial charge >= 0.3 is 0 Å². The quantitative estimate of drug-likeness (QED) is 0.402. The van der Waals surface area contributed by atoms with Crippen LogP contribution in [0.1, 0.15) is 0 Å². The highest BCUT2D eigenvalue weighted by molar-refractivity contribution is 5.08. The van der Waals surface area contributed by atoms with Gasteiger partial charge in [-0.2, -0.15) is 0 Å². The first-order valence-electron chi connectivity index (χ1n) is 2.18. The van der Waals surface area contributed by atoms with Crippen LogP contribution in [-0.4, -0.2) is 0 Å². The van der Waals surface area contributed by atoms with Crippen molar-refractivity contribution in [3.63, 3.8) is 0 Å². The number of hydrogen-bond donors (Lipinski definition) is 0. The van der Waals surface area contributed by atoms with E-state index in [0.29, 0.717) is 0 Å². The lowest BCUT2D eigenvalue weighted by molar-refractivity contribution is 1.54. The van der Waals surface area contributed by atoms with Crippen molar-refractivity contribution >= 4 is 0 Å². The van der Waals surface area contributed by atoms with Crippen LogP contribution in [0.25, 0.3) is 0 Å². The van der Waals surface area contributed by atoms with Crippen molar-refractivity contribution in [3.05, 3.63) is 42.0 Å². The van der Waals surface area contributed by atoms with E-state index in [9.17, 15) is 4.91 Å². The molecule has 0 aromatic carbocycles. The molecule has 42 valence electrons. The lowest BCUT2D eigenvalue weighted by atomic mass is 10.5. The van der Waals surface area contributed by atoms with Crippen LogP contribution in [0, 0.1) is 4.91 Å². The summed E-state index contributed by atoms with van der Waals surface area (Å²) in [5.74, 6) is 0. The van der Waals surface area contributed by atoms with Gasteiger partial charge in [-0.05, 0) is 11.3 Å². The second-order valence-electron chi connectivity index (χ2n) is 1.07. The minimum atomic E-state index is 1.17. The van der Waals surface area contributed by atoms with E-state index in [1.165, 1.54) is 12.3 Å². The molecule has 0 aliphatic carbocycles. The van der Waals surface area contributed by atoms with Crippen LogP contribution in [0.4, 0.5) is 0 Å². The minimum absolute atomic E-state index is 1.17. The fraction of sp³-hybridized carbons (Fsp3) is 0. The Kier molecular flexibility index (Phi) is 4.96. The summed E-state index contributed by atoms with van der Waals surface area (Å²) in [6.07, 6.45) is 7.71. The van der Waals surface area contributed by atoms with Crippen LogP contribution in [0.2, 0.25) is 0 Å². The fourth-order valence-electron chi connectivity index (χ4n) is 0.228. The highest BCUT2D eigenvalue weighted by atomic mass is 16.2. The zero-order valence-corrected chi connectivity index (χ0v) is 4.45. The zero-order chi connectivity index (χ0) is 6.24. The Morgan fingerprint density at radius 1 is 1.25 bits per heavy atom. The SMILES string of the molecule is C=C/C=C\C=C/N=O. The molecule has 0 bridgehead atoms. The van der Waals surface area contributed by atoms with Gasteiger partial charge in [0.25, 0.3) is 0 Å². The fourth-order valence-corrected chi connectivity index (χ4v) is 0.228. The molecule has 0 saturated carbocycles. The van der Waals surface area contributed by atoms with Crippen LogP contribution in [-0.2, 0) is 0 Å². The van der Waals surface area contributed by atoms with Gasteiger partial charge in [-0.3, -0.25) is 0 Å². The number of hydrogen-bond acceptors (Lipinski definition) is 2. The summed E-state index contributed by atoms with van der Waals surface area (Å²) in [4.78, 5) is 9.37.